The first-order valence-corrected chi connectivity index (χ1v) is 16.3. The molecule has 4 aromatic carbocycles. The predicted molar refractivity (Wildman–Crippen MR) is 192 cm³/mol. The van der Waals surface area contributed by atoms with Crippen LogP contribution in [0.3, 0.4) is 0 Å². The van der Waals surface area contributed by atoms with Gasteiger partial charge in [-0.05, 0) is 48.5 Å². The Morgan fingerprint density at radius 3 is 1.41 bits per heavy atom. The van der Waals surface area contributed by atoms with Gasteiger partial charge >= 0.3 is 0 Å². The lowest BCUT2D eigenvalue weighted by atomic mass is 10.1. The molecule has 0 saturated carbocycles. The summed E-state index contributed by atoms with van der Waals surface area (Å²) in [6.07, 6.45) is 0. The summed E-state index contributed by atoms with van der Waals surface area (Å²) in [6, 6.07) is 24.1. The van der Waals surface area contributed by atoms with Crippen LogP contribution in [-0.4, -0.2) is 96.4 Å². The summed E-state index contributed by atoms with van der Waals surface area (Å²) >= 11 is 0. The molecule has 0 aliphatic rings. The zero-order valence-corrected chi connectivity index (χ0v) is 27.7. The van der Waals surface area contributed by atoms with Crippen molar-refractivity contribution in [1.29, 1.82) is 0 Å². The summed E-state index contributed by atoms with van der Waals surface area (Å²) in [5, 5.41) is 7.79. The van der Waals surface area contributed by atoms with Crippen LogP contribution < -0.4 is 20.5 Å². The molecule has 0 radical (unpaired) electrons. The number of rotatable bonds is 19. The van der Waals surface area contributed by atoms with Crippen molar-refractivity contribution in [2.45, 2.75) is 0 Å². The Labute approximate surface area is 283 Å². The van der Waals surface area contributed by atoms with E-state index in [0.29, 0.717) is 52.9 Å². The summed E-state index contributed by atoms with van der Waals surface area (Å²) in [6.45, 7) is 2.82. The van der Waals surface area contributed by atoms with E-state index < -0.39 is 13.3 Å². The molecule has 0 unspecified atom stereocenters. The highest BCUT2D eigenvalue weighted by Crippen LogP contribution is 2.31. The summed E-state index contributed by atoms with van der Waals surface area (Å²) in [5.74, 6) is 1.57. The second-order valence-corrected chi connectivity index (χ2v) is 11.0. The molecule has 0 fully saturated rings. The molecule has 2 aromatic heterocycles. The number of halogens is 2. The average Bonchev–Trinajstić information content (AvgIpc) is 3.67. The Hall–Kier alpha value is -4.62. The minimum Gasteiger partial charge on any atom is -0.491 e. The molecular formula is C37H44F2N4O6. The first-order chi connectivity index (χ1) is 24.1. The number of H-pyrrole nitrogens is 2. The summed E-state index contributed by atoms with van der Waals surface area (Å²) in [7, 11) is 1.91. The van der Waals surface area contributed by atoms with E-state index in [4.69, 9.17) is 34.2 Å². The van der Waals surface area contributed by atoms with Gasteiger partial charge in [0.1, 0.15) is 38.1 Å². The third kappa shape index (κ3) is 10.2. The monoisotopic (exact) mass is 678 g/mol. The van der Waals surface area contributed by atoms with E-state index >= 15 is 0 Å². The highest BCUT2D eigenvalue weighted by Gasteiger charge is 2.08. The Bertz CT molecular complexity index is 1900. The molecule has 0 aliphatic heterocycles. The van der Waals surface area contributed by atoms with E-state index in [-0.39, 0.29) is 13.2 Å². The van der Waals surface area contributed by atoms with Crippen molar-refractivity contribution >= 4 is 55.0 Å². The maximum absolute atomic E-state index is 11.8. The van der Waals surface area contributed by atoms with Gasteiger partial charge in [0.15, 0.2) is 0 Å². The molecule has 262 valence electrons. The van der Waals surface area contributed by atoms with Crippen molar-refractivity contribution < 1.29 is 37.2 Å². The molecule has 6 aromatic rings. The van der Waals surface area contributed by atoms with E-state index in [2.05, 4.69) is 39.6 Å². The molecular weight excluding hydrogens is 634 g/mol. The standard InChI is InChI=1S/C19H23FN2O3.C18H21FN2O3/c1-21-14-2-4-16-17-5-3-15(13-19(17)22-18(16)12-14)25-11-10-24-9-8-23-7-6-20;19-5-6-22-7-8-23-9-10-24-14-2-4-16-15-3-1-13(20)11-17(15)21-18(16)12-14/h2-5,12-13,21-22H,6-11H2,1H3;1-4,11-12,21H,5-10,20H2. The van der Waals surface area contributed by atoms with Gasteiger partial charge in [-0.25, -0.2) is 8.78 Å². The minimum atomic E-state index is -0.466. The number of nitrogens with two attached hydrogens (primary N) is 1. The van der Waals surface area contributed by atoms with Crippen LogP contribution in [0.4, 0.5) is 20.2 Å². The summed E-state index contributed by atoms with van der Waals surface area (Å²) < 4.78 is 55.8. The molecule has 0 aliphatic carbocycles. The molecule has 0 bridgehead atoms. The van der Waals surface area contributed by atoms with Gasteiger partial charge in [0.2, 0.25) is 0 Å². The first kappa shape index (κ1) is 35.7. The van der Waals surface area contributed by atoms with Gasteiger partial charge in [-0.15, -0.1) is 0 Å². The molecule has 0 amide bonds. The van der Waals surface area contributed by atoms with Crippen LogP contribution in [0.25, 0.3) is 43.6 Å². The number of hydrogen-bond donors (Lipinski definition) is 4. The molecule has 2 heterocycles. The van der Waals surface area contributed by atoms with Crippen LogP contribution >= 0.6 is 0 Å². The lowest BCUT2D eigenvalue weighted by Crippen LogP contribution is -2.11. The predicted octanol–water partition coefficient (Wildman–Crippen LogP) is 7.03. The number of anilines is 2. The number of benzene rings is 4. The molecule has 0 spiro atoms. The van der Waals surface area contributed by atoms with Gasteiger partial charge in [0.25, 0.3) is 0 Å². The number of aromatic nitrogens is 2. The van der Waals surface area contributed by atoms with Gasteiger partial charge < -0.3 is 49.4 Å². The molecule has 10 nitrogen and oxygen atoms in total. The molecule has 12 heteroatoms. The quantitative estimate of drug-likeness (QED) is 0.0532. The number of ether oxygens (including phenoxy) is 6. The highest BCUT2D eigenvalue weighted by atomic mass is 19.1. The first-order valence-electron chi connectivity index (χ1n) is 16.3. The molecule has 5 N–H and O–H groups in total. The average molecular weight is 679 g/mol. The zero-order valence-electron chi connectivity index (χ0n) is 27.7. The summed E-state index contributed by atoms with van der Waals surface area (Å²) in [4.78, 5) is 6.78. The number of hydrogen-bond acceptors (Lipinski definition) is 8. The van der Waals surface area contributed by atoms with Crippen molar-refractivity contribution in [2.24, 2.45) is 0 Å². The summed E-state index contributed by atoms with van der Waals surface area (Å²) in [5.41, 5.74) is 11.8. The lowest BCUT2D eigenvalue weighted by molar-refractivity contribution is 0.0325. The normalized spacial score (nSPS) is 11.3. The van der Waals surface area contributed by atoms with Gasteiger partial charge in [0.05, 0.1) is 63.9 Å². The Morgan fingerprint density at radius 1 is 0.510 bits per heavy atom. The Balaban J connectivity index is 0.000000191. The van der Waals surface area contributed by atoms with Gasteiger partial charge in [-0.3, -0.25) is 0 Å². The van der Waals surface area contributed by atoms with Crippen molar-refractivity contribution in [3.05, 3.63) is 72.8 Å². The van der Waals surface area contributed by atoms with Crippen LogP contribution in [0, 0.1) is 0 Å². The van der Waals surface area contributed by atoms with Crippen LogP contribution in [0.15, 0.2) is 72.8 Å². The van der Waals surface area contributed by atoms with Crippen molar-refractivity contribution in [3.63, 3.8) is 0 Å². The maximum atomic E-state index is 11.8. The van der Waals surface area contributed by atoms with E-state index in [1.54, 1.807) is 0 Å². The fourth-order valence-electron chi connectivity index (χ4n) is 5.32. The van der Waals surface area contributed by atoms with E-state index in [9.17, 15) is 8.78 Å². The number of nitrogen functional groups attached to an aromatic ring is 1. The third-order valence-corrected chi connectivity index (χ3v) is 7.63. The van der Waals surface area contributed by atoms with E-state index in [0.717, 1.165) is 55.7 Å². The van der Waals surface area contributed by atoms with Crippen molar-refractivity contribution in [2.75, 3.05) is 97.5 Å². The fourth-order valence-corrected chi connectivity index (χ4v) is 5.32. The fraction of sp³-hybridized carbons (Fsp3) is 0.351. The van der Waals surface area contributed by atoms with Crippen molar-refractivity contribution in [1.82, 2.24) is 9.97 Å². The van der Waals surface area contributed by atoms with E-state index in [1.165, 1.54) is 10.8 Å². The maximum Gasteiger partial charge on any atom is 0.121 e. The number of nitrogens with one attached hydrogen (secondary N) is 3. The van der Waals surface area contributed by atoms with Crippen LogP contribution in [0.1, 0.15) is 0 Å². The van der Waals surface area contributed by atoms with Gasteiger partial charge in [-0.1, -0.05) is 12.1 Å². The Morgan fingerprint density at radius 2 is 0.918 bits per heavy atom. The van der Waals surface area contributed by atoms with Crippen LogP contribution in [-0.2, 0) is 18.9 Å². The lowest BCUT2D eigenvalue weighted by Gasteiger charge is -2.07. The highest BCUT2D eigenvalue weighted by molar-refractivity contribution is 6.09. The number of fused-ring (bicyclic) bond motifs is 6. The van der Waals surface area contributed by atoms with E-state index in [1.807, 2.05) is 55.6 Å². The molecule has 6 rings (SSSR count). The number of aromatic amines is 2. The Kier molecular flexibility index (Phi) is 13.7. The SMILES string of the molecule is CNc1ccc2c(c1)[nH]c1cc(OCCOCCOCCF)ccc12.Nc1ccc2c(c1)[nH]c1cc(OCCOCCOCCF)ccc12. The topological polar surface area (TPSA) is 125 Å². The van der Waals surface area contributed by atoms with Gasteiger partial charge in [-0.2, -0.15) is 0 Å². The second-order valence-electron chi connectivity index (χ2n) is 11.0. The number of alkyl halides is 2. The third-order valence-electron chi connectivity index (χ3n) is 7.63. The van der Waals surface area contributed by atoms with Crippen LogP contribution in [0.2, 0.25) is 0 Å². The largest absolute Gasteiger partial charge is 0.491 e. The minimum absolute atomic E-state index is 0.121. The van der Waals surface area contributed by atoms with Crippen LogP contribution in [0.5, 0.6) is 11.5 Å². The smallest absolute Gasteiger partial charge is 0.121 e. The molecule has 0 saturated heterocycles. The van der Waals surface area contributed by atoms with Gasteiger partial charge in [0, 0.05) is 63.1 Å². The molecule has 49 heavy (non-hydrogen) atoms. The second kappa shape index (κ2) is 18.8. The zero-order chi connectivity index (χ0) is 34.3. The van der Waals surface area contributed by atoms with Crippen molar-refractivity contribution in [3.8, 4) is 11.5 Å². The molecule has 0 atom stereocenters.